The molecule has 7 aromatic carbocycles. The van der Waals surface area contributed by atoms with Crippen LogP contribution in [0.25, 0.3) is 33.0 Å². The molecule has 346 valence electrons. The molecule has 0 unspecified atom stereocenters. The molecule has 3 heteroatoms. The third-order valence-electron chi connectivity index (χ3n) is 18.0. The minimum absolute atomic E-state index is 0.0387. The summed E-state index contributed by atoms with van der Waals surface area (Å²) >= 11 is 0. The fourth-order valence-electron chi connectivity index (χ4n) is 13.0. The molecule has 11 rings (SSSR count). The van der Waals surface area contributed by atoms with E-state index < -0.39 is 0 Å². The number of nitrogens with zero attached hydrogens (tertiary/aromatic N) is 1. The monoisotopic (exact) mass is 893 g/mol. The topological polar surface area (TPSA) is 15.3 Å². The van der Waals surface area contributed by atoms with Gasteiger partial charge < -0.3 is 10.2 Å². The van der Waals surface area contributed by atoms with E-state index in [9.17, 15) is 0 Å². The molecule has 0 fully saturated rings. The van der Waals surface area contributed by atoms with Gasteiger partial charge in [-0.05, 0) is 192 Å². The summed E-state index contributed by atoms with van der Waals surface area (Å²) in [5.74, 6) is 0. The second-order valence-electron chi connectivity index (χ2n) is 25.5. The second-order valence-corrected chi connectivity index (χ2v) is 25.5. The standard InChI is InChI=1S/C65H73BN2/c1-40-33-47-51(64(10,11)31-27-60(47,2)3)38-55(40)68-56-39-52-49(62(6,7)29-32-65(52,12)13)36-53(56)66-59-57(68)34-43-21-17-18-22-45(43)58(59)46-35-48-50(63(8,9)30-28-61(48,4)5)37-54(46)67-44-25-23-42(24-26-44)41-19-15-14-16-20-41/h14-26,33-39,66-67H,27-32H2,1-13H3. The predicted octanol–water partition coefficient (Wildman–Crippen LogP) is 16.4. The molecule has 0 saturated carbocycles. The van der Waals surface area contributed by atoms with Crippen molar-refractivity contribution in [2.45, 2.75) is 161 Å². The summed E-state index contributed by atoms with van der Waals surface area (Å²) < 4.78 is 0. The normalized spacial score (nSPS) is 19.7. The van der Waals surface area contributed by atoms with E-state index in [1.807, 2.05) is 0 Å². The quantitative estimate of drug-likeness (QED) is 0.173. The van der Waals surface area contributed by atoms with Crippen LogP contribution in [0.4, 0.5) is 28.4 Å². The van der Waals surface area contributed by atoms with Gasteiger partial charge in [-0.2, -0.15) is 0 Å². The van der Waals surface area contributed by atoms with E-state index in [-0.39, 0.29) is 32.5 Å². The van der Waals surface area contributed by atoms with E-state index in [0.29, 0.717) is 0 Å². The van der Waals surface area contributed by atoms with Crippen molar-refractivity contribution in [1.29, 1.82) is 0 Å². The summed E-state index contributed by atoms with van der Waals surface area (Å²) in [6.07, 6.45) is 7.10. The Balaban J connectivity index is 1.21. The Labute approximate surface area is 409 Å². The molecule has 0 radical (unpaired) electrons. The first-order valence-electron chi connectivity index (χ1n) is 25.9. The highest BCUT2D eigenvalue weighted by Crippen LogP contribution is 2.54. The maximum absolute atomic E-state index is 4.11. The van der Waals surface area contributed by atoms with Crippen molar-refractivity contribution in [2.75, 3.05) is 10.2 Å². The van der Waals surface area contributed by atoms with E-state index in [4.69, 9.17) is 0 Å². The Kier molecular flexibility index (Phi) is 10.1. The summed E-state index contributed by atoms with van der Waals surface area (Å²) in [6.45, 7) is 32.1. The molecule has 0 atom stereocenters. The summed E-state index contributed by atoms with van der Waals surface area (Å²) in [6, 6.07) is 47.3. The van der Waals surface area contributed by atoms with Crippen molar-refractivity contribution in [2.24, 2.45) is 0 Å². The Morgan fingerprint density at radius 3 is 1.50 bits per heavy atom. The minimum atomic E-state index is 0.0387. The number of nitrogens with one attached hydrogen (secondary N) is 1. The van der Waals surface area contributed by atoms with Gasteiger partial charge in [0.1, 0.15) is 0 Å². The Hall–Kier alpha value is -5.54. The van der Waals surface area contributed by atoms with Crippen LogP contribution < -0.4 is 21.1 Å². The van der Waals surface area contributed by atoms with Crippen LogP contribution >= 0.6 is 0 Å². The molecule has 1 aliphatic heterocycles. The fourth-order valence-corrected chi connectivity index (χ4v) is 13.0. The van der Waals surface area contributed by atoms with Crippen molar-refractivity contribution in [3.05, 3.63) is 160 Å². The first-order chi connectivity index (χ1) is 32.0. The number of benzene rings is 7. The minimum Gasteiger partial charge on any atom is -0.355 e. The lowest BCUT2D eigenvalue weighted by Gasteiger charge is -2.46. The highest BCUT2D eigenvalue weighted by atomic mass is 15.2. The summed E-state index contributed by atoms with van der Waals surface area (Å²) in [4.78, 5) is 2.73. The van der Waals surface area contributed by atoms with Gasteiger partial charge in [0, 0.05) is 34.0 Å². The molecule has 7 aromatic rings. The summed E-state index contributed by atoms with van der Waals surface area (Å²) in [5, 5.41) is 6.70. The van der Waals surface area contributed by atoms with Crippen LogP contribution in [0, 0.1) is 6.92 Å². The number of hydrogen-bond donors (Lipinski definition) is 1. The third-order valence-corrected chi connectivity index (χ3v) is 18.0. The SMILES string of the molecule is Cc1cc2c(cc1N1c3cc4c(cc3Bc3c1cc1ccccc1c3-c1cc3c(cc1Nc1ccc(-c5ccccc5)cc1)C(C)(C)CCC3(C)C)C(C)(C)CCC4(C)C)C(C)(C)CCC2(C)C. The van der Waals surface area contributed by atoms with Crippen LogP contribution in [-0.2, 0) is 32.5 Å². The van der Waals surface area contributed by atoms with Crippen molar-refractivity contribution in [3.8, 4) is 22.3 Å². The third kappa shape index (κ3) is 7.19. The van der Waals surface area contributed by atoms with Crippen LogP contribution in [0.2, 0.25) is 0 Å². The zero-order valence-electron chi connectivity index (χ0n) is 43.4. The van der Waals surface area contributed by atoms with Crippen molar-refractivity contribution in [3.63, 3.8) is 0 Å². The average molecular weight is 893 g/mol. The van der Waals surface area contributed by atoms with Gasteiger partial charge in [-0.25, -0.2) is 0 Å². The molecular formula is C65H73BN2. The van der Waals surface area contributed by atoms with Gasteiger partial charge in [-0.15, -0.1) is 0 Å². The summed E-state index contributed by atoms with van der Waals surface area (Å²) in [5.41, 5.74) is 25.1. The number of hydrogen-bond acceptors (Lipinski definition) is 2. The van der Waals surface area contributed by atoms with E-state index >= 15 is 0 Å². The molecule has 0 spiro atoms. The van der Waals surface area contributed by atoms with Crippen LogP contribution in [0.15, 0.2) is 121 Å². The number of fused-ring (bicyclic) bond motifs is 6. The van der Waals surface area contributed by atoms with Gasteiger partial charge in [0.25, 0.3) is 0 Å². The number of aryl methyl sites for hydroxylation is 1. The van der Waals surface area contributed by atoms with E-state index in [1.165, 1.54) is 138 Å². The molecule has 2 nitrogen and oxygen atoms in total. The van der Waals surface area contributed by atoms with Crippen molar-refractivity contribution < 1.29 is 0 Å². The van der Waals surface area contributed by atoms with E-state index in [2.05, 4.69) is 222 Å². The van der Waals surface area contributed by atoms with Crippen LogP contribution in [-0.4, -0.2) is 7.28 Å². The summed E-state index contributed by atoms with van der Waals surface area (Å²) in [7, 11) is 0.866. The number of rotatable bonds is 5. The number of anilines is 5. The van der Waals surface area contributed by atoms with Gasteiger partial charge >= 0.3 is 0 Å². The zero-order valence-corrected chi connectivity index (χ0v) is 43.4. The van der Waals surface area contributed by atoms with Crippen molar-refractivity contribution in [1.82, 2.24) is 0 Å². The van der Waals surface area contributed by atoms with Crippen molar-refractivity contribution >= 4 is 57.4 Å². The fraction of sp³-hybridized carbons (Fsp3) is 0.385. The first kappa shape index (κ1) is 44.9. The average Bonchev–Trinajstić information content (AvgIpc) is 3.30. The van der Waals surface area contributed by atoms with Crippen LogP contribution in [0.5, 0.6) is 0 Å². The van der Waals surface area contributed by atoms with Gasteiger partial charge in [-0.1, -0.05) is 167 Å². The molecular weight excluding hydrogens is 820 g/mol. The highest BCUT2D eigenvalue weighted by molar-refractivity contribution is 6.73. The van der Waals surface area contributed by atoms with Crippen LogP contribution in [0.3, 0.4) is 0 Å². The molecule has 0 aromatic heterocycles. The Morgan fingerprint density at radius 1 is 0.441 bits per heavy atom. The molecule has 1 heterocycles. The lowest BCUT2D eigenvalue weighted by molar-refractivity contribution is 0.331. The smallest absolute Gasteiger partial charge is 0.198 e. The first-order valence-corrected chi connectivity index (χ1v) is 25.9. The second kappa shape index (κ2) is 15.2. The maximum Gasteiger partial charge on any atom is 0.198 e. The van der Waals surface area contributed by atoms with E-state index in [0.717, 1.165) is 19.4 Å². The van der Waals surface area contributed by atoms with Gasteiger partial charge in [0.05, 0.1) is 0 Å². The Morgan fingerprint density at radius 2 is 0.912 bits per heavy atom. The molecule has 4 aliphatic rings. The molecule has 0 bridgehead atoms. The van der Waals surface area contributed by atoms with E-state index in [1.54, 1.807) is 0 Å². The lowest BCUT2D eigenvalue weighted by Crippen LogP contribution is -2.44. The molecule has 1 N–H and O–H groups in total. The van der Waals surface area contributed by atoms with Gasteiger partial charge in [-0.3, -0.25) is 0 Å². The van der Waals surface area contributed by atoms with Gasteiger partial charge in [0.2, 0.25) is 0 Å². The zero-order chi connectivity index (χ0) is 47.9. The van der Waals surface area contributed by atoms with Crippen LogP contribution in [0.1, 0.15) is 161 Å². The largest absolute Gasteiger partial charge is 0.355 e. The molecule has 0 amide bonds. The highest BCUT2D eigenvalue weighted by Gasteiger charge is 2.43. The molecule has 3 aliphatic carbocycles. The maximum atomic E-state index is 4.11. The predicted molar refractivity (Wildman–Crippen MR) is 296 cm³/mol. The molecule has 0 saturated heterocycles. The lowest BCUT2D eigenvalue weighted by atomic mass is 9.54. The Bertz CT molecular complexity index is 3150. The van der Waals surface area contributed by atoms with Gasteiger partial charge in [0.15, 0.2) is 7.28 Å². The molecule has 68 heavy (non-hydrogen) atoms.